The van der Waals surface area contributed by atoms with Crippen molar-refractivity contribution in [2.75, 3.05) is 11.9 Å². The van der Waals surface area contributed by atoms with Crippen molar-refractivity contribution in [2.45, 2.75) is 44.2 Å². The topological polar surface area (TPSA) is 138 Å². The highest BCUT2D eigenvalue weighted by molar-refractivity contribution is 5.73. The minimum atomic E-state index is -5.08. The van der Waals surface area contributed by atoms with E-state index in [4.69, 9.17) is 14.4 Å². The summed E-state index contributed by atoms with van der Waals surface area (Å²) in [7, 11) is 0. The van der Waals surface area contributed by atoms with Crippen LogP contribution in [0.3, 0.4) is 0 Å². The molecule has 3 aromatic rings. The second-order valence-electron chi connectivity index (χ2n) is 7.56. The monoisotopic (exact) mass is 512 g/mol. The molecule has 194 valence electrons. The Kier molecular flexibility index (Phi) is 10.8. The van der Waals surface area contributed by atoms with E-state index in [9.17, 15) is 27.5 Å². The van der Waals surface area contributed by atoms with Crippen molar-refractivity contribution < 1.29 is 41.9 Å². The molecule has 1 atom stereocenters. The van der Waals surface area contributed by atoms with E-state index in [-0.39, 0.29) is 12.8 Å². The fourth-order valence-electron chi connectivity index (χ4n) is 3.06. The number of carboxylic acid groups (broad SMARTS) is 2. The molecule has 9 nitrogen and oxygen atoms in total. The van der Waals surface area contributed by atoms with Crippen LogP contribution >= 0.6 is 0 Å². The van der Waals surface area contributed by atoms with Crippen molar-refractivity contribution in [3.05, 3.63) is 71.8 Å². The quantitative estimate of drug-likeness (QED) is 0.251. The van der Waals surface area contributed by atoms with Crippen LogP contribution < -0.4 is 5.32 Å². The number of hydrogen-bond acceptors (Lipinski definition) is 7. The van der Waals surface area contributed by atoms with Gasteiger partial charge in [0.1, 0.15) is 11.6 Å². The number of pyridine rings is 1. The molecule has 3 N–H and O–H groups in total. The maximum atomic E-state index is 13.5. The molecule has 0 amide bonds. The van der Waals surface area contributed by atoms with Crippen molar-refractivity contribution in [2.24, 2.45) is 0 Å². The Morgan fingerprint density at radius 2 is 1.83 bits per heavy atom. The summed E-state index contributed by atoms with van der Waals surface area (Å²) >= 11 is 0. The maximum Gasteiger partial charge on any atom is 0.490 e. The highest BCUT2D eigenvalue weighted by atomic mass is 19.4. The van der Waals surface area contributed by atoms with Crippen LogP contribution in [0.15, 0.2) is 53.2 Å². The van der Waals surface area contributed by atoms with E-state index in [1.54, 1.807) is 18.3 Å². The number of nitrogens with one attached hydrogen (secondary N) is 1. The molecular weight excluding hydrogens is 488 g/mol. The summed E-state index contributed by atoms with van der Waals surface area (Å²) in [6.45, 7) is 0.794. The molecule has 3 rings (SSSR count). The van der Waals surface area contributed by atoms with Gasteiger partial charge >= 0.3 is 18.1 Å². The molecule has 0 aliphatic carbocycles. The number of unbranched alkanes of at least 4 members (excludes halogenated alkanes) is 1. The molecule has 0 saturated carbocycles. The summed E-state index contributed by atoms with van der Waals surface area (Å²) in [6.07, 6.45) is -0.765. The lowest BCUT2D eigenvalue weighted by Crippen LogP contribution is -2.21. The number of aliphatic carboxylic acids is 2. The summed E-state index contributed by atoms with van der Waals surface area (Å²) < 4.78 is 50.5. The lowest BCUT2D eigenvalue weighted by molar-refractivity contribution is -0.192. The summed E-state index contributed by atoms with van der Waals surface area (Å²) in [5, 5.41) is 23.5. The van der Waals surface area contributed by atoms with Gasteiger partial charge in [-0.05, 0) is 42.7 Å². The van der Waals surface area contributed by atoms with E-state index in [1.165, 1.54) is 12.1 Å². The average Bonchev–Trinajstić information content (AvgIpc) is 3.26. The predicted octanol–water partition coefficient (Wildman–Crippen LogP) is 4.47. The van der Waals surface area contributed by atoms with E-state index >= 15 is 0 Å². The van der Waals surface area contributed by atoms with Crippen LogP contribution in [0.1, 0.15) is 42.5 Å². The molecule has 0 aliphatic rings. The van der Waals surface area contributed by atoms with E-state index in [2.05, 4.69) is 20.4 Å². The van der Waals surface area contributed by atoms with Gasteiger partial charge < -0.3 is 20.1 Å². The van der Waals surface area contributed by atoms with E-state index in [0.717, 1.165) is 25.2 Å². The van der Waals surface area contributed by atoms with Gasteiger partial charge in [0.2, 0.25) is 5.89 Å². The molecule has 0 aliphatic heterocycles. The van der Waals surface area contributed by atoms with E-state index in [1.807, 2.05) is 18.2 Å². The first-order valence-corrected chi connectivity index (χ1v) is 10.8. The predicted molar refractivity (Wildman–Crippen MR) is 119 cm³/mol. The Balaban J connectivity index is 0.000000572. The number of rotatable bonds is 11. The fourth-order valence-corrected chi connectivity index (χ4v) is 3.06. The van der Waals surface area contributed by atoms with Crippen LogP contribution in [0.25, 0.3) is 0 Å². The molecule has 0 bridgehead atoms. The molecule has 2 aromatic heterocycles. The van der Waals surface area contributed by atoms with Crippen LogP contribution in [0, 0.1) is 5.82 Å². The van der Waals surface area contributed by atoms with E-state index < -0.39 is 29.9 Å². The highest BCUT2D eigenvalue weighted by Gasteiger charge is 2.38. The van der Waals surface area contributed by atoms with Crippen LogP contribution in [0.5, 0.6) is 0 Å². The zero-order valence-corrected chi connectivity index (χ0v) is 18.9. The number of aryl methyl sites for hydroxylation is 1. The second kappa shape index (κ2) is 13.8. The van der Waals surface area contributed by atoms with Gasteiger partial charge in [0.25, 0.3) is 0 Å². The number of benzene rings is 1. The number of alkyl halides is 3. The molecule has 1 aromatic carbocycles. The van der Waals surface area contributed by atoms with E-state index in [0.29, 0.717) is 23.7 Å². The Hall–Kier alpha value is -4.03. The van der Waals surface area contributed by atoms with Gasteiger partial charge in [-0.25, -0.2) is 14.2 Å². The fraction of sp³-hybridized carbons (Fsp3) is 0.348. The molecule has 2 heterocycles. The summed E-state index contributed by atoms with van der Waals surface area (Å²) in [6, 6.07) is 11.7. The summed E-state index contributed by atoms with van der Waals surface area (Å²) in [5.74, 6) is -2.75. The van der Waals surface area contributed by atoms with Crippen LogP contribution in [0.4, 0.5) is 23.4 Å². The molecule has 13 heteroatoms. The Morgan fingerprint density at radius 1 is 1.08 bits per heavy atom. The summed E-state index contributed by atoms with van der Waals surface area (Å²) in [5.41, 5.74) is 0.604. The second-order valence-corrected chi connectivity index (χ2v) is 7.56. The summed E-state index contributed by atoms with van der Waals surface area (Å²) in [4.78, 5) is 28.7. The van der Waals surface area contributed by atoms with Gasteiger partial charge in [-0.15, -0.1) is 0 Å². The number of nitrogens with zero attached hydrogens (tertiary/aromatic N) is 3. The van der Waals surface area contributed by atoms with Gasteiger partial charge in [0, 0.05) is 31.5 Å². The zero-order chi connectivity index (χ0) is 26.6. The Labute approximate surface area is 203 Å². The molecular formula is C23H24F4N4O5. The Morgan fingerprint density at radius 3 is 2.44 bits per heavy atom. The first-order chi connectivity index (χ1) is 17.0. The molecule has 0 radical (unpaired) electrons. The third kappa shape index (κ3) is 10.5. The van der Waals surface area contributed by atoms with Crippen molar-refractivity contribution in [1.29, 1.82) is 0 Å². The van der Waals surface area contributed by atoms with Crippen molar-refractivity contribution >= 4 is 17.8 Å². The molecule has 36 heavy (non-hydrogen) atoms. The molecule has 0 fully saturated rings. The smallest absolute Gasteiger partial charge is 0.481 e. The molecule has 1 unspecified atom stereocenters. The van der Waals surface area contributed by atoms with Crippen molar-refractivity contribution in [3.8, 4) is 0 Å². The van der Waals surface area contributed by atoms with Gasteiger partial charge in [-0.2, -0.15) is 18.2 Å². The third-order valence-corrected chi connectivity index (χ3v) is 4.71. The van der Waals surface area contributed by atoms with Crippen LogP contribution in [0.2, 0.25) is 0 Å². The number of aromatic nitrogens is 3. The lowest BCUT2D eigenvalue weighted by Gasteiger charge is -2.13. The standard InChI is InChI=1S/C21H23FN4O3.C2HF3O2/c22-17-7-5-6-15(12-17)16(14-21(27)28)13-20-25-19(26-29-20)9-2-4-11-24-18-8-1-3-10-23-18;3-2(4,5)1(6)7/h1,3,5-8,10,12,16H,2,4,9,11,13-14H2,(H,23,24)(H,27,28);(H,6,7). The molecule has 0 saturated heterocycles. The maximum absolute atomic E-state index is 13.5. The highest BCUT2D eigenvalue weighted by Crippen LogP contribution is 2.25. The third-order valence-electron chi connectivity index (χ3n) is 4.71. The normalized spacial score (nSPS) is 11.8. The van der Waals surface area contributed by atoms with Gasteiger partial charge in [-0.1, -0.05) is 23.4 Å². The Bertz CT molecular complexity index is 1110. The van der Waals surface area contributed by atoms with Gasteiger partial charge in [-0.3, -0.25) is 4.79 Å². The number of anilines is 1. The zero-order valence-electron chi connectivity index (χ0n) is 18.9. The van der Waals surface area contributed by atoms with Gasteiger partial charge in [0.15, 0.2) is 5.82 Å². The molecule has 0 spiro atoms. The number of carbonyl (C=O) groups is 2. The minimum absolute atomic E-state index is 0.139. The average molecular weight is 512 g/mol. The number of hydrogen-bond donors (Lipinski definition) is 3. The minimum Gasteiger partial charge on any atom is -0.481 e. The first-order valence-electron chi connectivity index (χ1n) is 10.8. The number of halogens is 4. The van der Waals surface area contributed by atoms with Crippen molar-refractivity contribution in [3.63, 3.8) is 0 Å². The lowest BCUT2D eigenvalue weighted by atomic mass is 9.92. The van der Waals surface area contributed by atoms with Gasteiger partial charge in [0.05, 0.1) is 6.42 Å². The van der Waals surface area contributed by atoms with Crippen molar-refractivity contribution in [1.82, 2.24) is 15.1 Å². The SMILES string of the molecule is O=C(O)C(F)(F)F.O=C(O)CC(Cc1nc(CCCCNc2ccccn2)no1)c1cccc(F)c1. The first kappa shape index (κ1) is 28.2. The van der Waals surface area contributed by atoms with Crippen LogP contribution in [-0.4, -0.2) is 50.0 Å². The number of carboxylic acids is 2. The largest absolute Gasteiger partial charge is 0.490 e. The van der Waals surface area contributed by atoms with Crippen LogP contribution in [-0.2, 0) is 22.4 Å².